The minimum atomic E-state index is 0.454. The zero-order valence-corrected chi connectivity index (χ0v) is 11.5. The molecule has 1 atom stereocenters. The molecule has 2 aromatic rings. The van der Waals surface area contributed by atoms with Gasteiger partial charge in [0.15, 0.2) is 0 Å². The fraction of sp³-hybridized carbons (Fsp3) is 0.467. The summed E-state index contributed by atoms with van der Waals surface area (Å²) >= 11 is 0. The molecule has 19 heavy (non-hydrogen) atoms. The van der Waals surface area contributed by atoms with Crippen molar-refractivity contribution in [1.82, 2.24) is 20.1 Å². The molecule has 1 aliphatic rings. The fourth-order valence-electron chi connectivity index (χ4n) is 3.08. The number of rotatable bonds is 4. The van der Waals surface area contributed by atoms with E-state index in [2.05, 4.69) is 39.7 Å². The number of aromatic nitrogens is 3. The molecule has 4 heteroatoms. The molecule has 3 rings (SSSR count). The standard InChI is InChI=1S/C15H20N4/c1-16-14(9-15-17-10-18-19(15)2)13-7-11-5-3-4-6-12(11)8-13/h3-6,10,13-14,16H,7-9H2,1-2H3. The van der Waals surface area contributed by atoms with Crippen LogP contribution in [0.1, 0.15) is 17.0 Å². The monoisotopic (exact) mass is 256 g/mol. The fourth-order valence-corrected chi connectivity index (χ4v) is 3.08. The van der Waals surface area contributed by atoms with Gasteiger partial charge in [0.25, 0.3) is 0 Å². The van der Waals surface area contributed by atoms with Gasteiger partial charge in [-0.25, -0.2) is 4.98 Å². The summed E-state index contributed by atoms with van der Waals surface area (Å²) in [6.07, 6.45) is 4.90. The van der Waals surface area contributed by atoms with E-state index < -0.39 is 0 Å². The molecule has 0 aliphatic heterocycles. The van der Waals surface area contributed by atoms with Gasteiger partial charge in [-0.3, -0.25) is 4.68 Å². The minimum Gasteiger partial charge on any atom is -0.316 e. The van der Waals surface area contributed by atoms with Crippen LogP contribution in [-0.4, -0.2) is 27.9 Å². The quantitative estimate of drug-likeness (QED) is 0.898. The topological polar surface area (TPSA) is 42.7 Å². The number of likely N-dealkylation sites (N-methyl/N-ethyl adjacent to an activating group) is 1. The number of benzene rings is 1. The second-order valence-electron chi connectivity index (χ2n) is 5.34. The van der Waals surface area contributed by atoms with E-state index in [1.807, 2.05) is 18.8 Å². The zero-order chi connectivity index (χ0) is 13.2. The molecule has 4 nitrogen and oxygen atoms in total. The Bertz CT molecular complexity index is 536. The molecule has 1 N–H and O–H groups in total. The highest BCUT2D eigenvalue weighted by molar-refractivity contribution is 5.32. The highest BCUT2D eigenvalue weighted by Gasteiger charge is 2.28. The Morgan fingerprint density at radius 2 is 2.00 bits per heavy atom. The van der Waals surface area contributed by atoms with Crippen LogP contribution >= 0.6 is 0 Å². The molecule has 1 aromatic heterocycles. The lowest BCUT2D eigenvalue weighted by molar-refractivity contribution is 0.374. The first-order valence-electron chi connectivity index (χ1n) is 6.85. The largest absolute Gasteiger partial charge is 0.316 e. The summed E-state index contributed by atoms with van der Waals surface area (Å²) in [4.78, 5) is 4.34. The van der Waals surface area contributed by atoms with E-state index in [1.54, 1.807) is 6.33 Å². The predicted octanol–water partition coefficient (Wildman–Crippen LogP) is 1.36. The van der Waals surface area contributed by atoms with Crippen molar-refractivity contribution in [3.8, 4) is 0 Å². The number of fused-ring (bicyclic) bond motifs is 1. The van der Waals surface area contributed by atoms with Crippen molar-refractivity contribution in [2.24, 2.45) is 13.0 Å². The molecule has 1 heterocycles. The lowest BCUT2D eigenvalue weighted by atomic mass is 9.94. The number of nitrogens with one attached hydrogen (secondary N) is 1. The highest BCUT2D eigenvalue weighted by Crippen LogP contribution is 2.29. The Morgan fingerprint density at radius 1 is 1.32 bits per heavy atom. The van der Waals surface area contributed by atoms with Crippen LogP contribution in [0.25, 0.3) is 0 Å². The smallest absolute Gasteiger partial charge is 0.138 e. The molecule has 0 radical (unpaired) electrons. The van der Waals surface area contributed by atoms with Gasteiger partial charge in [-0.2, -0.15) is 5.10 Å². The second kappa shape index (κ2) is 5.13. The summed E-state index contributed by atoms with van der Waals surface area (Å²) in [5, 5.41) is 7.61. The van der Waals surface area contributed by atoms with Gasteiger partial charge in [0, 0.05) is 19.5 Å². The lowest BCUT2D eigenvalue weighted by Gasteiger charge is -2.22. The lowest BCUT2D eigenvalue weighted by Crippen LogP contribution is -2.36. The van der Waals surface area contributed by atoms with Crippen LogP contribution in [0.4, 0.5) is 0 Å². The van der Waals surface area contributed by atoms with Crippen LogP contribution in [0.15, 0.2) is 30.6 Å². The van der Waals surface area contributed by atoms with Crippen molar-refractivity contribution < 1.29 is 0 Å². The molecular weight excluding hydrogens is 236 g/mol. The second-order valence-corrected chi connectivity index (χ2v) is 5.34. The van der Waals surface area contributed by atoms with Crippen molar-refractivity contribution in [2.45, 2.75) is 25.3 Å². The van der Waals surface area contributed by atoms with Crippen molar-refractivity contribution in [3.63, 3.8) is 0 Å². The number of aryl methyl sites for hydroxylation is 1. The molecule has 1 aliphatic carbocycles. The Hall–Kier alpha value is -1.68. The zero-order valence-electron chi connectivity index (χ0n) is 11.5. The van der Waals surface area contributed by atoms with Crippen molar-refractivity contribution in [3.05, 3.63) is 47.5 Å². The summed E-state index contributed by atoms with van der Waals surface area (Å²) in [7, 11) is 4.00. The molecule has 0 bridgehead atoms. The van der Waals surface area contributed by atoms with E-state index in [1.165, 1.54) is 24.0 Å². The van der Waals surface area contributed by atoms with Crippen molar-refractivity contribution >= 4 is 0 Å². The molecule has 0 amide bonds. The van der Waals surface area contributed by atoms with Crippen molar-refractivity contribution in [2.75, 3.05) is 7.05 Å². The minimum absolute atomic E-state index is 0.454. The third-order valence-electron chi connectivity index (χ3n) is 4.23. The molecular formula is C15H20N4. The first-order valence-corrected chi connectivity index (χ1v) is 6.85. The summed E-state index contributed by atoms with van der Waals surface area (Å²) in [6.45, 7) is 0. The van der Waals surface area contributed by atoms with E-state index in [0.717, 1.165) is 12.2 Å². The summed E-state index contributed by atoms with van der Waals surface area (Å²) in [5.74, 6) is 1.70. The number of nitrogens with zero attached hydrogens (tertiary/aromatic N) is 3. The number of hydrogen-bond donors (Lipinski definition) is 1. The summed E-state index contributed by atoms with van der Waals surface area (Å²) < 4.78 is 1.87. The van der Waals surface area contributed by atoms with E-state index in [-0.39, 0.29) is 0 Å². The molecule has 0 fully saturated rings. The molecule has 1 unspecified atom stereocenters. The van der Waals surface area contributed by atoms with Crippen LogP contribution in [0, 0.1) is 5.92 Å². The van der Waals surface area contributed by atoms with E-state index in [9.17, 15) is 0 Å². The molecule has 0 saturated carbocycles. The van der Waals surface area contributed by atoms with Gasteiger partial charge in [-0.15, -0.1) is 0 Å². The van der Waals surface area contributed by atoms with Crippen LogP contribution in [0.5, 0.6) is 0 Å². The van der Waals surface area contributed by atoms with E-state index in [0.29, 0.717) is 12.0 Å². The van der Waals surface area contributed by atoms with Gasteiger partial charge in [0.1, 0.15) is 12.2 Å². The van der Waals surface area contributed by atoms with E-state index >= 15 is 0 Å². The first-order chi connectivity index (χ1) is 9.28. The third-order valence-corrected chi connectivity index (χ3v) is 4.23. The molecule has 0 spiro atoms. The van der Waals surface area contributed by atoms with Crippen LogP contribution in [0.2, 0.25) is 0 Å². The Labute approximate surface area is 113 Å². The first kappa shape index (κ1) is 12.4. The molecule has 1 aromatic carbocycles. The van der Waals surface area contributed by atoms with E-state index in [4.69, 9.17) is 0 Å². The maximum absolute atomic E-state index is 4.34. The maximum atomic E-state index is 4.34. The Kier molecular flexibility index (Phi) is 3.34. The summed E-state index contributed by atoms with van der Waals surface area (Å²) in [6, 6.07) is 9.24. The van der Waals surface area contributed by atoms with Gasteiger partial charge in [0.2, 0.25) is 0 Å². The SMILES string of the molecule is CNC(Cc1ncnn1C)C1Cc2ccccc2C1. The average molecular weight is 256 g/mol. The van der Waals surface area contributed by atoms with Gasteiger partial charge >= 0.3 is 0 Å². The Balaban J connectivity index is 1.73. The Morgan fingerprint density at radius 3 is 2.53 bits per heavy atom. The van der Waals surface area contributed by atoms with Crippen molar-refractivity contribution in [1.29, 1.82) is 0 Å². The van der Waals surface area contributed by atoms with Crippen LogP contribution < -0.4 is 5.32 Å². The highest BCUT2D eigenvalue weighted by atomic mass is 15.3. The normalized spacial score (nSPS) is 16.5. The third kappa shape index (κ3) is 2.40. The maximum Gasteiger partial charge on any atom is 0.138 e. The van der Waals surface area contributed by atoms with Crippen LogP contribution in [0.3, 0.4) is 0 Å². The predicted molar refractivity (Wildman–Crippen MR) is 74.9 cm³/mol. The van der Waals surface area contributed by atoms with Crippen LogP contribution in [-0.2, 0) is 26.3 Å². The molecule has 0 saturated heterocycles. The van der Waals surface area contributed by atoms with Gasteiger partial charge in [0.05, 0.1) is 0 Å². The van der Waals surface area contributed by atoms with Gasteiger partial charge in [-0.05, 0) is 36.9 Å². The van der Waals surface area contributed by atoms with Gasteiger partial charge in [-0.1, -0.05) is 24.3 Å². The van der Waals surface area contributed by atoms with Gasteiger partial charge < -0.3 is 5.32 Å². The summed E-state index contributed by atoms with van der Waals surface area (Å²) in [5.41, 5.74) is 3.01. The number of hydrogen-bond acceptors (Lipinski definition) is 3. The average Bonchev–Trinajstić information content (AvgIpc) is 3.02. The molecule has 100 valence electrons.